The maximum Gasteiger partial charge on any atom is 0.356 e. The van der Waals surface area contributed by atoms with Gasteiger partial charge in [0.05, 0.1) is 10.6 Å². The lowest BCUT2D eigenvalue weighted by molar-refractivity contribution is 0.0690. The molecule has 0 radical (unpaired) electrons. The lowest BCUT2D eigenvalue weighted by Gasteiger charge is -2.04. The number of hydrogen-bond acceptors (Lipinski definition) is 4. The van der Waals surface area contributed by atoms with Gasteiger partial charge in [0.25, 0.3) is 5.91 Å². The van der Waals surface area contributed by atoms with Crippen molar-refractivity contribution in [2.24, 2.45) is 5.73 Å². The highest BCUT2D eigenvalue weighted by atomic mass is 35.5. The predicted octanol–water partition coefficient (Wildman–Crippen LogP) is 2.94. The molecule has 3 aromatic rings. The van der Waals surface area contributed by atoms with Crippen molar-refractivity contribution in [1.29, 1.82) is 0 Å². The van der Waals surface area contributed by atoms with Crippen LogP contribution in [0.15, 0.2) is 54.6 Å². The number of primary amides is 1. The van der Waals surface area contributed by atoms with E-state index in [1.165, 1.54) is 6.07 Å². The van der Waals surface area contributed by atoms with Gasteiger partial charge >= 0.3 is 5.97 Å². The minimum Gasteiger partial charge on any atom is -0.476 e. The average molecular weight is 405 g/mol. The maximum absolute atomic E-state index is 13.0. The number of carbonyl (C=O) groups excluding carboxylic acids is 2. The molecule has 144 valence electrons. The number of nitrogens with zero attached hydrogens (tertiary/aromatic N) is 1. The number of carboxylic acids is 1. The van der Waals surface area contributed by atoms with Crippen LogP contribution in [0.4, 0.5) is 10.2 Å². The van der Waals surface area contributed by atoms with Gasteiger partial charge in [0.15, 0.2) is 5.69 Å². The van der Waals surface area contributed by atoms with Gasteiger partial charge in [0, 0.05) is 11.6 Å². The van der Waals surface area contributed by atoms with E-state index in [9.17, 15) is 18.8 Å². The summed E-state index contributed by atoms with van der Waals surface area (Å²) in [5.74, 6) is -2.82. The van der Waals surface area contributed by atoms with E-state index in [0.29, 0.717) is 5.56 Å². The van der Waals surface area contributed by atoms with Gasteiger partial charge in [-0.1, -0.05) is 29.8 Å². The zero-order chi connectivity index (χ0) is 20.7. The fourth-order valence-electron chi connectivity index (χ4n) is 1.96. The first-order valence-corrected chi connectivity index (χ1v) is 8.05. The minimum atomic E-state index is -1.24. The molecule has 5 N–H and O–H groups in total. The third-order valence-corrected chi connectivity index (χ3v) is 3.61. The first-order chi connectivity index (χ1) is 13.3. The number of carboxylic acid groups (broad SMARTS) is 1. The van der Waals surface area contributed by atoms with E-state index in [1.54, 1.807) is 24.3 Å². The summed E-state index contributed by atoms with van der Waals surface area (Å²) in [6.07, 6.45) is 0. The Balaban J connectivity index is 0.000000261. The SMILES string of the molecule is NC(=O)c1ccccc1.O=C(O)c1cc(NC(=O)c2cc(F)ccc2Cl)[nH]n1. The Labute approximate surface area is 163 Å². The predicted molar refractivity (Wildman–Crippen MR) is 99.9 cm³/mol. The summed E-state index contributed by atoms with van der Waals surface area (Å²) in [5, 5.41) is 16.9. The summed E-state index contributed by atoms with van der Waals surface area (Å²) in [7, 11) is 0. The molecule has 1 heterocycles. The van der Waals surface area contributed by atoms with Crippen molar-refractivity contribution in [2.45, 2.75) is 0 Å². The minimum absolute atomic E-state index is 0.0619. The molecule has 1 aromatic heterocycles. The van der Waals surface area contributed by atoms with Gasteiger partial charge in [0.1, 0.15) is 11.6 Å². The summed E-state index contributed by atoms with van der Waals surface area (Å²) in [6, 6.07) is 13.2. The molecule has 0 spiro atoms. The second-order valence-corrected chi connectivity index (χ2v) is 5.69. The molecule has 0 saturated heterocycles. The van der Waals surface area contributed by atoms with Crippen LogP contribution in [-0.4, -0.2) is 33.1 Å². The fraction of sp³-hybridized carbons (Fsp3) is 0. The van der Waals surface area contributed by atoms with E-state index in [1.807, 2.05) is 6.07 Å². The number of anilines is 1. The Morgan fingerprint density at radius 2 is 1.79 bits per heavy atom. The molecular formula is C18H14ClFN4O4. The Morgan fingerprint density at radius 1 is 1.11 bits per heavy atom. The van der Waals surface area contributed by atoms with Crippen molar-refractivity contribution < 1.29 is 23.9 Å². The lowest BCUT2D eigenvalue weighted by Crippen LogP contribution is -2.13. The van der Waals surface area contributed by atoms with Gasteiger partial charge < -0.3 is 16.2 Å². The molecule has 10 heteroatoms. The number of amides is 2. The number of hydrogen-bond donors (Lipinski definition) is 4. The number of aromatic amines is 1. The topological polar surface area (TPSA) is 138 Å². The van der Waals surface area contributed by atoms with E-state index in [-0.39, 0.29) is 28.0 Å². The number of nitrogens with two attached hydrogens (primary N) is 1. The number of nitrogens with one attached hydrogen (secondary N) is 2. The first-order valence-electron chi connectivity index (χ1n) is 7.68. The Hall–Kier alpha value is -3.72. The van der Waals surface area contributed by atoms with Gasteiger partial charge in [-0.15, -0.1) is 0 Å². The van der Waals surface area contributed by atoms with Gasteiger partial charge in [-0.25, -0.2) is 9.18 Å². The van der Waals surface area contributed by atoms with Crippen molar-refractivity contribution in [3.63, 3.8) is 0 Å². The zero-order valence-electron chi connectivity index (χ0n) is 14.1. The van der Waals surface area contributed by atoms with E-state index < -0.39 is 17.7 Å². The molecule has 28 heavy (non-hydrogen) atoms. The molecular weight excluding hydrogens is 391 g/mol. The van der Waals surface area contributed by atoms with Crippen LogP contribution in [0.5, 0.6) is 0 Å². The molecule has 0 aliphatic heterocycles. The molecule has 0 atom stereocenters. The quantitative estimate of drug-likeness (QED) is 0.529. The summed E-state index contributed by atoms with van der Waals surface area (Å²) >= 11 is 5.77. The molecule has 0 aliphatic rings. The van der Waals surface area contributed by atoms with Crippen molar-refractivity contribution in [3.8, 4) is 0 Å². The third kappa shape index (κ3) is 5.64. The lowest BCUT2D eigenvalue weighted by atomic mass is 10.2. The second kappa shape index (κ2) is 9.28. The normalized spacial score (nSPS) is 9.79. The van der Waals surface area contributed by atoms with Crippen LogP contribution < -0.4 is 11.1 Å². The Bertz CT molecular complexity index is 1010. The van der Waals surface area contributed by atoms with Gasteiger partial charge in [0.2, 0.25) is 5.91 Å². The van der Waals surface area contributed by atoms with Gasteiger partial charge in [-0.05, 0) is 30.3 Å². The van der Waals surface area contributed by atoms with Crippen LogP contribution in [0.2, 0.25) is 5.02 Å². The molecule has 2 aromatic carbocycles. The van der Waals surface area contributed by atoms with Crippen LogP contribution >= 0.6 is 11.6 Å². The van der Waals surface area contributed by atoms with Gasteiger partial charge in [-0.2, -0.15) is 5.10 Å². The highest BCUT2D eigenvalue weighted by Crippen LogP contribution is 2.18. The monoisotopic (exact) mass is 404 g/mol. The highest BCUT2D eigenvalue weighted by molar-refractivity contribution is 6.34. The highest BCUT2D eigenvalue weighted by Gasteiger charge is 2.14. The third-order valence-electron chi connectivity index (χ3n) is 3.28. The smallest absolute Gasteiger partial charge is 0.356 e. The van der Waals surface area contributed by atoms with E-state index >= 15 is 0 Å². The zero-order valence-corrected chi connectivity index (χ0v) is 14.9. The van der Waals surface area contributed by atoms with Crippen molar-refractivity contribution in [2.75, 3.05) is 5.32 Å². The van der Waals surface area contributed by atoms with Crippen LogP contribution in [0, 0.1) is 5.82 Å². The van der Waals surface area contributed by atoms with Crippen LogP contribution in [-0.2, 0) is 0 Å². The van der Waals surface area contributed by atoms with Gasteiger partial charge in [-0.3, -0.25) is 14.7 Å². The fourth-order valence-corrected chi connectivity index (χ4v) is 2.16. The number of rotatable bonds is 4. The van der Waals surface area contributed by atoms with Crippen LogP contribution in [0.1, 0.15) is 31.2 Å². The van der Waals surface area contributed by atoms with Crippen molar-refractivity contribution in [1.82, 2.24) is 10.2 Å². The number of halogens is 2. The largest absolute Gasteiger partial charge is 0.476 e. The van der Waals surface area contributed by atoms with E-state index in [2.05, 4.69) is 15.5 Å². The summed E-state index contributed by atoms with van der Waals surface area (Å²) in [4.78, 5) is 32.8. The number of H-pyrrole nitrogens is 1. The summed E-state index contributed by atoms with van der Waals surface area (Å²) in [6.45, 7) is 0. The Morgan fingerprint density at radius 3 is 2.32 bits per heavy atom. The molecule has 0 fully saturated rings. The van der Waals surface area contributed by atoms with Crippen molar-refractivity contribution in [3.05, 3.63) is 82.3 Å². The molecule has 0 bridgehead atoms. The maximum atomic E-state index is 13.0. The molecule has 0 aliphatic carbocycles. The molecule has 0 saturated carbocycles. The molecule has 2 amide bonds. The number of aromatic nitrogens is 2. The number of aromatic carboxylic acids is 1. The van der Waals surface area contributed by atoms with Crippen LogP contribution in [0.25, 0.3) is 0 Å². The number of benzene rings is 2. The first kappa shape index (κ1) is 20.6. The van der Waals surface area contributed by atoms with Crippen molar-refractivity contribution >= 4 is 35.2 Å². The summed E-state index contributed by atoms with van der Waals surface area (Å²) in [5.41, 5.74) is 5.22. The van der Waals surface area contributed by atoms with E-state index in [0.717, 1.165) is 18.2 Å². The standard InChI is InChI=1S/C11H7ClFN3O3.C7H7NO/c12-7-2-1-5(13)3-6(7)10(17)14-9-4-8(11(18)19)15-16-9;8-7(9)6-4-2-1-3-5-6/h1-4H,(H,18,19)(H2,14,15,16,17);1-5H,(H2,8,9). The molecule has 0 unspecified atom stereocenters. The average Bonchev–Trinajstić information content (AvgIpc) is 3.13. The summed E-state index contributed by atoms with van der Waals surface area (Å²) < 4.78 is 13.0. The second-order valence-electron chi connectivity index (χ2n) is 5.28. The Kier molecular flexibility index (Phi) is 6.83. The van der Waals surface area contributed by atoms with Crippen LogP contribution in [0.3, 0.4) is 0 Å². The molecule has 8 nitrogen and oxygen atoms in total. The number of carbonyl (C=O) groups is 3. The van der Waals surface area contributed by atoms with E-state index in [4.69, 9.17) is 22.4 Å². The molecule has 3 rings (SSSR count).